The molecule has 2 unspecified atom stereocenters. The normalized spacial score (nSPS) is 23.5. The van der Waals surface area contributed by atoms with Gasteiger partial charge in [0.2, 0.25) is 0 Å². The molecule has 1 aliphatic carbocycles. The van der Waals surface area contributed by atoms with Gasteiger partial charge in [-0.05, 0) is 30.9 Å². The summed E-state index contributed by atoms with van der Waals surface area (Å²) in [6.07, 6.45) is 5.43. The van der Waals surface area contributed by atoms with Crippen LogP contribution >= 0.6 is 0 Å². The van der Waals surface area contributed by atoms with Crippen molar-refractivity contribution in [2.45, 2.75) is 64.3 Å². The third-order valence-corrected chi connectivity index (χ3v) is 4.11. The summed E-state index contributed by atoms with van der Waals surface area (Å²) in [7, 11) is 0. The van der Waals surface area contributed by atoms with Crippen molar-refractivity contribution in [2.75, 3.05) is 6.61 Å². The van der Waals surface area contributed by atoms with Crippen molar-refractivity contribution in [3.8, 4) is 0 Å². The van der Waals surface area contributed by atoms with Crippen LogP contribution in [0.15, 0.2) is 24.3 Å². The lowest BCUT2D eigenvalue weighted by Gasteiger charge is -2.22. The predicted molar refractivity (Wildman–Crippen MR) is 81.5 cm³/mol. The van der Waals surface area contributed by atoms with E-state index in [0.29, 0.717) is 6.61 Å². The zero-order chi connectivity index (χ0) is 14.2. The maximum Gasteiger partial charge on any atom is 0.0719 e. The Morgan fingerprint density at radius 3 is 2.70 bits per heavy atom. The van der Waals surface area contributed by atoms with Crippen LogP contribution in [0.4, 0.5) is 0 Å². The van der Waals surface area contributed by atoms with Crippen molar-refractivity contribution in [1.29, 1.82) is 0 Å². The molecule has 1 aromatic carbocycles. The molecular weight excluding hydrogens is 250 g/mol. The molecule has 3 heteroatoms. The highest BCUT2D eigenvalue weighted by molar-refractivity contribution is 5.26. The third kappa shape index (κ3) is 4.58. The van der Waals surface area contributed by atoms with Gasteiger partial charge in [-0.25, -0.2) is 0 Å². The monoisotopic (exact) mass is 277 g/mol. The highest BCUT2D eigenvalue weighted by atomic mass is 16.5. The maximum absolute atomic E-state index is 10.2. The SMILES string of the molecule is CCOCc1ccccc1CNC1CCCCCC1O. The molecule has 0 aliphatic heterocycles. The average Bonchev–Trinajstić information content (AvgIpc) is 2.68. The molecule has 1 aromatic rings. The summed E-state index contributed by atoms with van der Waals surface area (Å²) in [6, 6.07) is 8.62. The molecule has 1 aliphatic rings. The number of ether oxygens (including phenoxy) is 1. The predicted octanol–water partition coefficient (Wildman–Crippen LogP) is 3.01. The van der Waals surface area contributed by atoms with Crippen LogP contribution in [0.25, 0.3) is 0 Å². The molecule has 0 saturated heterocycles. The quantitative estimate of drug-likeness (QED) is 0.785. The van der Waals surface area contributed by atoms with Crippen molar-refractivity contribution < 1.29 is 9.84 Å². The lowest BCUT2D eigenvalue weighted by molar-refractivity contribution is 0.118. The van der Waals surface area contributed by atoms with Gasteiger partial charge >= 0.3 is 0 Å². The van der Waals surface area contributed by atoms with E-state index in [1.165, 1.54) is 24.0 Å². The molecule has 0 spiro atoms. The fourth-order valence-corrected chi connectivity index (χ4v) is 2.85. The molecule has 0 radical (unpaired) electrons. The number of hydrogen-bond donors (Lipinski definition) is 2. The second kappa shape index (κ2) is 8.40. The molecule has 3 nitrogen and oxygen atoms in total. The van der Waals surface area contributed by atoms with Gasteiger partial charge in [0.25, 0.3) is 0 Å². The zero-order valence-corrected chi connectivity index (χ0v) is 12.5. The number of benzene rings is 1. The minimum Gasteiger partial charge on any atom is -0.392 e. The van der Waals surface area contributed by atoms with Crippen LogP contribution in [-0.2, 0) is 17.9 Å². The molecule has 1 saturated carbocycles. The van der Waals surface area contributed by atoms with Gasteiger partial charge in [-0.15, -0.1) is 0 Å². The lowest BCUT2D eigenvalue weighted by Crippen LogP contribution is -2.38. The summed E-state index contributed by atoms with van der Waals surface area (Å²) in [6.45, 7) is 4.23. The van der Waals surface area contributed by atoms with Gasteiger partial charge in [0.15, 0.2) is 0 Å². The maximum atomic E-state index is 10.2. The Morgan fingerprint density at radius 1 is 1.15 bits per heavy atom. The van der Waals surface area contributed by atoms with Crippen molar-refractivity contribution in [2.24, 2.45) is 0 Å². The van der Waals surface area contributed by atoms with Crippen molar-refractivity contribution in [3.63, 3.8) is 0 Å². The highest BCUT2D eigenvalue weighted by Crippen LogP contribution is 2.19. The molecular formula is C17H27NO2. The van der Waals surface area contributed by atoms with Crippen molar-refractivity contribution in [1.82, 2.24) is 5.32 Å². The van der Waals surface area contributed by atoms with E-state index in [1.807, 2.05) is 6.92 Å². The second-order valence-electron chi connectivity index (χ2n) is 5.60. The molecule has 2 rings (SSSR count). The van der Waals surface area contributed by atoms with Gasteiger partial charge in [0.05, 0.1) is 12.7 Å². The minimum atomic E-state index is -0.198. The first-order valence-electron chi connectivity index (χ1n) is 7.87. The van der Waals surface area contributed by atoms with Gasteiger partial charge in [-0.2, -0.15) is 0 Å². The van der Waals surface area contributed by atoms with Crippen molar-refractivity contribution >= 4 is 0 Å². The van der Waals surface area contributed by atoms with E-state index in [-0.39, 0.29) is 12.1 Å². The molecule has 20 heavy (non-hydrogen) atoms. The van der Waals surface area contributed by atoms with E-state index < -0.39 is 0 Å². The Labute approximate surface area is 122 Å². The van der Waals surface area contributed by atoms with Crippen LogP contribution in [-0.4, -0.2) is 23.9 Å². The van der Waals surface area contributed by atoms with Crippen LogP contribution in [0.5, 0.6) is 0 Å². The standard InChI is InChI=1S/C17H27NO2/c1-2-20-13-15-9-7-6-8-14(15)12-18-16-10-4-3-5-11-17(16)19/h6-9,16-19H,2-5,10-13H2,1H3. The van der Waals surface area contributed by atoms with Crippen LogP contribution in [0.3, 0.4) is 0 Å². The molecule has 0 amide bonds. The first kappa shape index (κ1) is 15.5. The van der Waals surface area contributed by atoms with E-state index in [0.717, 1.165) is 32.4 Å². The van der Waals surface area contributed by atoms with E-state index in [1.54, 1.807) is 0 Å². The van der Waals surface area contributed by atoms with Gasteiger partial charge in [-0.3, -0.25) is 0 Å². The lowest BCUT2D eigenvalue weighted by atomic mass is 10.0. The zero-order valence-electron chi connectivity index (χ0n) is 12.5. The summed E-state index contributed by atoms with van der Waals surface area (Å²) in [4.78, 5) is 0. The smallest absolute Gasteiger partial charge is 0.0719 e. The molecule has 0 aromatic heterocycles. The van der Waals surface area contributed by atoms with E-state index >= 15 is 0 Å². The molecule has 1 fully saturated rings. The van der Waals surface area contributed by atoms with Crippen LogP contribution in [0, 0.1) is 0 Å². The van der Waals surface area contributed by atoms with Gasteiger partial charge in [0.1, 0.15) is 0 Å². The largest absolute Gasteiger partial charge is 0.392 e. The summed E-state index contributed by atoms with van der Waals surface area (Å²) >= 11 is 0. The Morgan fingerprint density at radius 2 is 1.90 bits per heavy atom. The molecule has 2 atom stereocenters. The van der Waals surface area contributed by atoms with E-state index in [4.69, 9.17) is 4.74 Å². The van der Waals surface area contributed by atoms with E-state index in [2.05, 4.69) is 29.6 Å². The van der Waals surface area contributed by atoms with Gasteiger partial charge in [-0.1, -0.05) is 43.5 Å². The third-order valence-electron chi connectivity index (χ3n) is 4.11. The minimum absolute atomic E-state index is 0.198. The van der Waals surface area contributed by atoms with E-state index in [9.17, 15) is 5.11 Å². The summed E-state index contributed by atoms with van der Waals surface area (Å²) < 4.78 is 5.52. The number of nitrogens with one attached hydrogen (secondary N) is 1. The molecule has 0 bridgehead atoms. The average molecular weight is 277 g/mol. The fraction of sp³-hybridized carbons (Fsp3) is 0.647. The van der Waals surface area contributed by atoms with Crippen LogP contribution in [0.2, 0.25) is 0 Å². The van der Waals surface area contributed by atoms with Crippen molar-refractivity contribution in [3.05, 3.63) is 35.4 Å². The molecule has 0 heterocycles. The second-order valence-corrected chi connectivity index (χ2v) is 5.60. The highest BCUT2D eigenvalue weighted by Gasteiger charge is 2.21. The number of rotatable bonds is 6. The first-order chi connectivity index (χ1) is 9.81. The Hall–Kier alpha value is -0.900. The van der Waals surface area contributed by atoms with Crippen LogP contribution in [0.1, 0.15) is 50.2 Å². The fourth-order valence-electron chi connectivity index (χ4n) is 2.85. The number of hydrogen-bond acceptors (Lipinski definition) is 3. The molecule has 2 N–H and O–H groups in total. The molecule has 112 valence electrons. The Bertz CT molecular complexity index is 394. The summed E-state index contributed by atoms with van der Waals surface area (Å²) in [5, 5.41) is 13.7. The Kier molecular flexibility index (Phi) is 6.51. The Balaban J connectivity index is 1.92. The topological polar surface area (TPSA) is 41.5 Å². The van der Waals surface area contributed by atoms with Gasteiger partial charge in [0, 0.05) is 19.2 Å². The summed E-state index contributed by atoms with van der Waals surface area (Å²) in [5.74, 6) is 0. The first-order valence-corrected chi connectivity index (χ1v) is 7.87. The number of aliphatic hydroxyl groups is 1. The van der Waals surface area contributed by atoms with Crippen LogP contribution < -0.4 is 5.32 Å². The number of aliphatic hydroxyl groups excluding tert-OH is 1. The summed E-state index contributed by atoms with van der Waals surface area (Å²) in [5.41, 5.74) is 2.52. The van der Waals surface area contributed by atoms with Gasteiger partial charge < -0.3 is 15.2 Å².